The first kappa shape index (κ1) is 20.6. The summed E-state index contributed by atoms with van der Waals surface area (Å²) in [5, 5.41) is 8.87. The van der Waals surface area contributed by atoms with Gasteiger partial charge in [0.25, 0.3) is 0 Å². The number of ether oxygens (including phenoxy) is 1. The maximum Gasteiger partial charge on any atom is 0.119 e. The second-order valence-corrected chi connectivity index (χ2v) is 7.29. The number of aromatic nitrogens is 1. The second-order valence-electron chi connectivity index (χ2n) is 7.29. The summed E-state index contributed by atoms with van der Waals surface area (Å²) >= 11 is 0. The predicted molar refractivity (Wildman–Crippen MR) is 118 cm³/mol. The highest BCUT2D eigenvalue weighted by atomic mass is 16.5. The zero-order valence-corrected chi connectivity index (χ0v) is 17.1. The number of hydrogen-bond donors (Lipinski definition) is 0. The minimum Gasteiger partial charge on any atom is -0.494 e. The Balaban J connectivity index is 1.47. The number of hydrogen-bond acceptors (Lipinski definition) is 3. The Morgan fingerprint density at radius 3 is 2.10 bits per heavy atom. The monoisotopic (exact) mass is 384 g/mol. The van der Waals surface area contributed by atoms with Crippen LogP contribution in [0.2, 0.25) is 0 Å². The largest absolute Gasteiger partial charge is 0.494 e. The normalized spacial score (nSPS) is 10.5. The average Bonchev–Trinajstić information content (AvgIpc) is 2.79. The summed E-state index contributed by atoms with van der Waals surface area (Å²) in [4.78, 5) is 4.35. The summed E-state index contributed by atoms with van der Waals surface area (Å²) in [6, 6.07) is 22.8. The molecule has 0 fully saturated rings. The van der Waals surface area contributed by atoms with Crippen molar-refractivity contribution in [2.75, 3.05) is 6.61 Å². The van der Waals surface area contributed by atoms with E-state index in [1.54, 1.807) is 12.3 Å². The minimum atomic E-state index is 0.582. The molecular formula is C26H28N2O. The van der Waals surface area contributed by atoms with Gasteiger partial charge in [0, 0.05) is 11.8 Å². The third-order valence-corrected chi connectivity index (χ3v) is 5.03. The molecule has 2 aromatic carbocycles. The molecule has 0 spiro atoms. The van der Waals surface area contributed by atoms with Gasteiger partial charge in [-0.15, -0.1) is 0 Å². The molecule has 0 aliphatic carbocycles. The lowest BCUT2D eigenvalue weighted by Crippen LogP contribution is -1.97. The molecule has 1 heterocycles. The smallest absolute Gasteiger partial charge is 0.119 e. The van der Waals surface area contributed by atoms with Crippen molar-refractivity contribution in [3.8, 4) is 23.1 Å². The summed E-state index contributed by atoms with van der Waals surface area (Å²) in [5.41, 5.74) is 5.16. The third-order valence-electron chi connectivity index (χ3n) is 5.03. The number of aryl methyl sites for hydroxylation is 2. The van der Waals surface area contributed by atoms with Gasteiger partial charge in [0.2, 0.25) is 0 Å². The van der Waals surface area contributed by atoms with E-state index in [0.717, 1.165) is 42.9 Å². The van der Waals surface area contributed by atoms with Gasteiger partial charge < -0.3 is 4.74 Å². The van der Waals surface area contributed by atoms with Crippen molar-refractivity contribution in [1.82, 2.24) is 4.98 Å². The lowest BCUT2D eigenvalue weighted by molar-refractivity contribution is 0.305. The number of rotatable bonds is 10. The highest BCUT2D eigenvalue weighted by Gasteiger charge is 2.02. The summed E-state index contributed by atoms with van der Waals surface area (Å²) in [6.45, 7) is 3.03. The fourth-order valence-corrected chi connectivity index (χ4v) is 3.23. The van der Waals surface area contributed by atoms with Crippen LogP contribution < -0.4 is 4.74 Å². The fourth-order valence-electron chi connectivity index (χ4n) is 3.23. The standard InChI is InChI=1S/C26H28N2O/c1-2-3-4-5-18-29-25-15-10-22(11-16-25)7-6-21-8-13-24(14-9-21)26-17-12-23(19-27)20-28-26/h8-17,20H,2-7,18H2,1H3. The molecule has 148 valence electrons. The van der Waals surface area contributed by atoms with Gasteiger partial charge in [-0.2, -0.15) is 5.26 Å². The van der Waals surface area contributed by atoms with Crippen LogP contribution in [-0.2, 0) is 12.8 Å². The van der Waals surface area contributed by atoms with E-state index < -0.39 is 0 Å². The van der Waals surface area contributed by atoms with Crippen molar-refractivity contribution in [3.63, 3.8) is 0 Å². The molecule has 0 radical (unpaired) electrons. The van der Waals surface area contributed by atoms with Crippen LogP contribution in [0.4, 0.5) is 0 Å². The van der Waals surface area contributed by atoms with Gasteiger partial charge in [-0.1, -0.05) is 62.6 Å². The van der Waals surface area contributed by atoms with Crippen LogP contribution in [0.25, 0.3) is 11.3 Å². The van der Waals surface area contributed by atoms with Gasteiger partial charge in [-0.3, -0.25) is 4.98 Å². The van der Waals surface area contributed by atoms with Crippen LogP contribution in [-0.4, -0.2) is 11.6 Å². The van der Waals surface area contributed by atoms with Crippen molar-refractivity contribution in [3.05, 3.63) is 83.6 Å². The molecule has 0 unspecified atom stereocenters. The van der Waals surface area contributed by atoms with Crippen molar-refractivity contribution in [1.29, 1.82) is 5.26 Å². The first-order valence-corrected chi connectivity index (χ1v) is 10.5. The van der Waals surface area contributed by atoms with Crippen molar-refractivity contribution in [2.45, 2.75) is 45.4 Å². The molecule has 1 aromatic heterocycles. The summed E-state index contributed by atoms with van der Waals surface area (Å²) in [5.74, 6) is 0.963. The zero-order chi connectivity index (χ0) is 20.3. The number of unbranched alkanes of at least 4 members (excludes halogenated alkanes) is 3. The number of pyridine rings is 1. The van der Waals surface area contributed by atoms with Gasteiger partial charge >= 0.3 is 0 Å². The SMILES string of the molecule is CCCCCCOc1ccc(CCc2ccc(-c3ccc(C#N)cn3)cc2)cc1. The molecule has 0 atom stereocenters. The Morgan fingerprint density at radius 2 is 1.52 bits per heavy atom. The van der Waals surface area contributed by atoms with Gasteiger partial charge in [0.05, 0.1) is 17.9 Å². The van der Waals surface area contributed by atoms with E-state index in [0.29, 0.717) is 5.56 Å². The Hall–Kier alpha value is -3.12. The molecule has 0 saturated carbocycles. The number of nitrogens with zero attached hydrogens (tertiary/aromatic N) is 2. The van der Waals surface area contributed by atoms with Crippen LogP contribution in [0.1, 0.15) is 49.3 Å². The van der Waals surface area contributed by atoms with Crippen LogP contribution in [0, 0.1) is 11.3 Å². The lowest BCUT2D eigenvalue weighted by atomic mass is 10.0. The quantitative estimate of drug-likeness (QED) is 0.382. The number of benzene rings is 2. The van der Waals surface area contributed by atoms with Gasteiger partial charge in [0.1, 0.15) is 11.8 Å². The zero-order valence-electron chi connectivity index (χ0n) is 17.1. The molecular weight excluding hydrogens is 356 g/mol. The van der Waals surface area contributed by atoms with Crippen LogP contribution in [0.5, 0.6) is 5.75 Å². The molecule has 0 aliphatic heterocycles. The summed E-state index contributed by atoms with van der Waals surface area (Å²) in [6.07, 6.45) is 8.53. The van der Waals surface area contributed by atoms with E-state index in [1.165, 1.54) is 30.4 Å². The predicted octanol–water partition coefficient (Wildman–Crippen LogP) is 6.36. The third kappa shape index (κ3) is 6.47. The van der Waals surface area contributed by atoms with Crippen molar-refractivity contribution in [2.24, 2.45) is 0 Å². The minimum absolute atomic E-state index is 0.582. The average molecular weight is 385 g/mol. The van der Waals surface area contributed by atoms with Gasteiger partial charge in [-0.25, -0.2) is 0 Å². The highest BCUT2D eigenvalue weighted by Crippen LogP contribution is 2.19. The Morgan fingerprint density at radius 1 is 0.828 bits per heavy atom. The lowest BCUT2D eigenvalue weighted by Gasteiger charge is -2.08. The molecule has 29 heavy (non-hydrogen) atoms. The molecule has 0 aliphatic rings. The van der Waals surface area contributed by atoms with E-state index in [1.807, 2.05) is 6.07 Å². The van der Waals surface area contributed by atoms with Crippen LogP contribution in [0.15, 0.2) is 66.9 Å². The molecule has 0 amide bonds. The van der Waals surface area contributed by atoms with E-state index in [4.69, 9.17) is 10.00 Å². The Kier molecular flexibility index (Phi) is 7.83. The van der Waals surface area contributed by atoms with Crippen LogP contribution in [0.3, 0.4) is 0 Å². The molecule has 3 rings (SSSR count). The summed E-state index contributed by atoms with van der Waals surface area (Å²) < 4.78 is 5.82. The highest BCUT2D eigenvalue weighted by molar-refractivity contribution is 5.59. The topological polar surface area (TPSA) is 45.9 Å². The maximum atomic E-state index is 8.87. The fraction of sp³-hybridized carbons (Fsp3) is 0.308. The molecule has 0 saturated heterocycles. The molecule has 3 heteroatoms. The van der Waals surface area contributed by atoms with E-state index >= 15 is 0 Å². The van der Waals surface area contributed by atoms with E-state index in [-0.39, 0.29) is 0 Å². The second kappa shape index (κ2) is 11.0. The van der Waals surface area contributed by atoms with E-state index in [2.05, 4.69) is 66.5 Å². The van der Waals surface area contributed by atoms with Gasteiger partial charge in [-0.05, 0) is 54.7 Å². The van der Waals surface area contributed by atoms with Crippen LogP contribution >= 0.6 is 0 Å². The Labute approximate surface area is 174 Å². The van der Waals surface area contributed by atoms with Crippen molar-refractivity contribution < 1.29 is 4.74 Å². The molecule has 0 bridgehead atoms. The van der Waals surface area contributed by atoms with Gasteiger partial charge in [0.15, 0.2) is 0 Å². The Bertz CT molecular complexity index is 907. The maximum absolute atomic E-state index is 8.87. The number of nitriles is 1. The first-order chi connectivity index (χ1) is 14.3. The molecule has 3 aromatic rings. The first-order valence-electron chi connectivity index (χ1n) is 10.5. The van der Waals surface area contributed by atoms with E-state index in [9.17, 15) is 0 Å². The van der Waals surface area contributed by atoms with Crippen molar-refractivity contribution >= 4 is 0 Å². The molecule has 0 N–H and O–H groups in total. The summed E-state index contributed by atoms with van der Waals surface area (Å²) in [7, 11) is 0. The molecule has 3 nitrogen and oxygen atoms in total.